The molecule has 1 aromatic carbocycles. The SMILES string of the molecule is CN(C(=O)CC1CCC1)c1ccc(C(=O)O)cc1N. The topological polar surface area (TPSA) is 83.6 Å². The minimum absolute atomic E-state index is 0.0273. The first-order chi connectivity index (χ1) is 8.99. The number of hydrogen-bond acceptors (Lipinski definition) is 3. The van der Waals surface area contributed by atoms with Crippen LogP contribution in [0.4, 0.5) is 11.4 Å². The monoisotopic (exact) mass is 262 g/mol. The number of amides is 1. The van der Waals surface area contributed by atoms with E-state index in [2.05, 4.69) is 0 Å². The Kier molecular flexibility index (Phi) is 3.74. The van der Waals surface area contributed by atoms with Crippen molar-refractivity contribution in [3.05, 3.63) is 23.8 Å². The highest BCUT2D eigenvalue weighted by Crippen LogP contribution is 2.31. The molecule has 2 rings (SSSR count). The van der Waals surface area contributed by atoms with Gasteiger partial charge in [-0.25, -0.2) is 4.79 Å². The van der Waals surface area contributed by atoms with Crippen LogP contribution in [0.3, 0.4) is 0 Å². The molecule has 0 aromatic heterocycles. The summed E-state index contributed by atoms with van der Waals surface area (Å²) in [7, 11) is 1.67. The third kappa shape index (κ3) is 2.86. The molecule has 5 nitrogen and oxygen atoms in total. The van der Waals surface area contributed by atoms with Gasteiger partial charge in [0.05, 0.1) is 16.9 Å². The number of aromatic carboxylic acids is 1. The van der Waals surface area contributed by atoms with E-state index in [1.165, 1.54) is 23.5 Å². The first kappa shape index (κ1) is 13.4. The Morgan fingerprint density at radius 2 is 2.11 bits per heavy atom. The summed E-state index contributed by atoms with van der Waals surface area (Å²) < 4.78 is 0. The average Bonchev–Trinajstić information content (AvgIpc) is 2.32. The Morgan fingerprint density at radius 3 is 2.58 bits per heavy atom. The molecule has 5 heteroatoms. The molecule has 1 fully saturated rings. The first-order valence-corrected chi connectivity index (χ1v) is 6.38. The zero-order chi connectivity index (χ0) is 14.0. The molecule has 1 aliphatic carbocycles. The van der Waals surface area contributed by atoms with Gasteiger partial charge in [0, 0.05) is 13.5 Å². The van der Waals surface area contributed by atoms with Gasteiger partial charge in [0.1, 0.15) is 0 Å². The lowest BCUT2D eigenvalue weighted by molar-refractivity contribution is -0.119. The van der Waals surface area contributed by atoms with Crippen LogP contribution in [0, 0.1) is 5.92 Å². The fraction of sp³-hybridized carbons (Fsp3) is 0.429. The highest BCUT2D eigenvalue weighted by molar-refractivity contribution is 5.98. The minimum Gasteiger partial charge on any atom is -0.478 e. The van der Waals surface area contributed by atoms with Crippen molar-refractivity contribution in [2.24, 2.45) is 5.92 Å². The summed E-state index contributed by atoms with van der Waals surface area (Å²) in [6.45, 7) is 0. The van der Waals surface area contributed by atoms with Crippen LogP contribution < -0.4 is 10.6 Å². The van der Waals surface area contributed by atoms with E-state index in [0.717, 1.165) is 12.8 Å². The van der Waals surface area contributed by atoms with Gasteiger partial charge in [0.25, 0.3) is 0 Å². The summed E-state index contributed by atoms with van der Waals surface area (Å²) in [6.07, 6.45) is 3.98. The third-order valence-corrected chi connectivity index (χ3v) is 3.70. The molecular formula is C14H18N2O3. The molecule has 19 heavy (non-hydrogen) atoms. The molecule has 1 saturated carbocycles. The standard InChI is InChI=1S/C14H18N2O3/c1-16(13(17)7-9-3-2-4-9)12-6-5-10(14(18)19)8-11(12)15/h5-6,8-9H,2-4,7,15H2,1H3,(H,18,19). The fourth-order valence-electron chi connectivity index (χ4n) is 2.21. The first-order valence-electron chi connectivity index (χ1n) is 6.38. The average molecular weight is 262 g/mol. The van der Waals surface area contributed by atoms with Crippen LogP contribution in [0.25, 0.3) is 0 Å². The molecule has 102 valence electrons. The number of nitrogen functional groups attached to an aromatic ring is 1. The minimum atomic E-state index is -1.03. The van der Waals surface area contributed by atoms with Gasteiger partial charge in [0.2, 0.25) is 5.91 Å². The molecule has 0 spiro atoms. The normalized spacial score (nSPS) is 14.8. The summed E-state index contributed by atoms with van der Waals surface area (Å²) in [5, 5.41) is 8.87. The van der Waals surface area contributed by atoms with Crippen molar-refractivity contribution >= 4 is 23.3 Å². The lowest BCUT2D eigenvalue weighted by atomic mass is 9.82. The van der Waals surface area contributed by atoms with E-state index in [0.29, 0.717) is 23.7 Å². The van der Waals surface area contributed by atoms with E-state index < -0.39 is 5.97 Å². The maximum Gasteiger partial charge on any atom is 0.335 e. The largest absolute Gasteiger partial charge is 0.478 e. The van der Waals surface area contributed by atoms with Gasteiger partial charge >= 0.3 is 5.97 Å². The molecule has 0 bridgehead atoms. The summed E-state index contributed by atoms with van der Waals surface area (Å²) in [5.41, 5.74) is 6.82. The highest BCUT2D eigenvalue weighted by Gasteiger charge is 2.23. The zero-order valence-corrected chi connectivity index (χ0v) is 10.9. The zero-order valence-electron chi connectivity index (χ0n) is 10.9. The van der Waals surface area contributed by atoms with Crippen LogP contribution in [0.2, 0.25) is 0 Å². The summed E-state index contributed by atoms with van der Waals surface area (Å²) in [5.74, 6) is -0.504. The Morgan fingerprint density at radius 1 is 1.42 bits per heavy atom. The van der Waals surface area contributed by atoms with Gasteiger partial charge in [0.15, 0.2) is 0 Å². The maximum atomic E-state index is 12.1. The lowest BCUT2D eigenvalue weighted by Crippen LogP contribution is -2.30. The van der Waals surface area contributed by atoms with Crippen LogP contribution in [-0.4, -0.2) is 24.0 Å². The predicted molar refractivity (Wildman–Crippen MR) is 73.2 cm³/mol. The molecule has 0 saturated heterocycles. The van der Waals surface area contributed by atoms with Crippen LogP contribution in [0.1, 0.15) is 36.0 Å². The van der Waals surface area contributed by atoms with Crippen molar-refractivity contribution in [3.8, 4) is 0 Å². The van der Waals surface area contributed by atoms with E-state index in [-0.39, 0.29) is 11.5 Å². The molecule has 0 unspecified atom stereocenters. The molecular weight excluding hydrogens is 244 g/mol. The Hall–Kier alpha value is -2.04. The van der Waals surface area contributed by atoms with Crippen molar-refractivity contribution in [2.45, 2.75) is 25.7 Å². The molecule has 1 aliphatic rings. The fourth-order valence-corrected chi connectivity index (χ4v) is 2.21. The quantitative estimate of drug-likeness (QED) is 0.814. The summed E-state index contributed by atoms with van der Waals surface area (Å²) >= 11 is 0. The van der Waals surface area contributed by atoms with Gasteiger partial charge in [-0.2, -0.15) is 0 Å². The number of hydrogen-bond donors (Lipinski definition) is 2. The number of benzene rings is 1. The number of anilines is 2. The van der Waals surface area contributed by atoms with E-state index in [1.54, 1.807) is 13.1 Å². The van der Waals surface area contributed by atoms with E-state index in [1.807, 2.05) is 0 Å². The second-order valence-corrected chi connectivity index (χ2v) is 5.03. The van der Waals surface area contributed by atoms with Crippen molar-refractivity contribution in [3.63, 3.8) is 0 Å². The van der Waals surface area contributed by atoms with Crippen molar-refractivity contribution in [1.29, 1.82) is 0 Å². The molecule has 0 atom stereocenters. The lowest BCUT2D eigenvalue weighted by Gasteiger charge is -2.27. The van der Waals surface area contributed by atoms with Crippen LogP contribution in [-0.2, 0) is 4.79 Å². The molecule has 3 N–H and O–H groups in total. The number of carbonyl (C=O) groups is 2. The number of carboxylic acids is 1. The number of nitrogens with two attached hydrogens (primary N) is 1. The molecule has 0 radical (unpaired) electrons. The molecule has 0 aliphatic heterocycles. The van der Waals surface area contributed by atoms with Gasteiger partial charge < -0.3 is 15.7 Å². The highest BCUT2D eigenvalue weighted by atomic mass is 16.4. The van der Waals surface area contributed by atoms with Crippen molar-refractivity contribution in [1.82, 2.24) is 0 Å². The maximum absolute atomic E-state index is 12.1. The summed E-state index contributed by atoms with van der Waals surface area (Å²) in [6, 6.07) is 4.42. The van der Waals surface area contributed by atoms with Gasteiger partial charge in [-0.3, -0.25) is 4.79 Å². The van der Waals surface area contributed by atoms with Gasteiger partial charge in [-0.05, 0) is 37.0 Å². The Bertz CT molecular complexity index is 509. The van der Waals surface area contributed by atoms with Crippen molar-refractivity contribution in [2.75, 3.05) is 17.7 Å². The second kappa shape index (κ2) is 5.30. The predicted octanol–water partition coefficient (Wildman–Crippen LogP) is 2.12. The molecule has 1 amide bonds. The Labute approximate surface area is 112 Å². The van der Waals surface area contributed by atoms with E-state index in [9.17, 15) is 9.59 Å². The van der Waals surface area contributed by atoms with E-state index in [4.69, 9.17) is 10.8 Å². The number of nitrogens with zero attached hydrogens (tertiary/aromatic N) is 1. The number of carboxylic acid groups (broad SMARTS) is 1. The van der Waals surface area contributed by atoms with Crippen molar-refractivity contribution < 1.29 is 14.7 Å². The number of rotatable bonds is 4. The Balaban J connectivity index is 2.11. The van der Waals surface area contributed by atoms with Crippen LogP contribution in [0.5, 0.6) is 0 Å². The third-order valence-electron chi connectivity index (χ3n) is 3.70. The molecule has 1 aromatic rings. The second-order valence-electron chi connectivity index (χ2n) is 5.03. The van der Waals surface area contributed by atoms with E-state index >= 15 is 0 Å². The van der Waals surface area contributed by atoms with Gasteiger partial charge in [-0.15, -0.1) is 0 Å². The summed E-state index contributed by atoms with van der Waals surface area (Å²) in [4.78, 5) is 24.4. The smallest absolute Gasteiger partial charge is 0.335 e. The number of carbonyl (C=O) groups excluding carboxylic acids is 1. The molecule has 0 heterocycles. The van der Waals surface area contributed by atoms with Gasteiger partial charge in [-0.1, -0.05) is 6.42 Å². The van der Waals surface area contributed by atoms with Crippen LogP contribution in [0.15, 0.2) is 18.2 Å². The van der Waals surface area contributed by atoms with Crippen LogP contribution >= 0.6 is 0 Å².